The van der Waals surface area contributed by atoms with Crippen molar-refractivity contribution in [2.75, 3.05) is 0 Å². The average Bonchev–Trinajstić information content (AvgIpc) is 3.34. The molecule has 0 saturated heterocycles. The average molecular weight is 322 g/mol. The van der Waals surface area contributed by atoms with E-state index in [4.69, 9.17) is 0 Å². The molecule has 4 rings (SSSR count). The van der Waals surface area contributed by atoms with E-state index >= 15 is 0 Å². The van der Waals surface area contributed by atoms with Crippen LogP contribution in [0, 0.1) is 17.2 Å². The molecule has 1 saturated carbocycles. The van der Waals surface area contributed by atoms with Gasteiger partial charge in [0, 0.05) is 29.3 Å². The smallest absolute Gasteiger partial charge is 0.173 e. The van der Waals surface area contributed by atoms with Crippen LogP contribution in [-0.4, -0.2) is 29.8 Å². The van der Waals surface area contributed by atoms with Gasteiger partial charge in [0.2, 0.25) is 0 Å². The fourth-order valence-electron chi connectivity index (χ4n) is 3.68. The van der Waals surface area contributed by atoms with Gasteiger partial charge in [-0.15, -0.1) is 0 Å². The zero-order valence-corrected chi connectivity index (χ0v) is 13.2. The Labute approximate surface area is 139 Å². The number of hydrogen-bond acceptors (Lipinski definition) is 5. The Morgan fingerprint density at radius 3 is 3.00 bits per heavy atom. The molecule has 24 heavy (non-hydrogen) atoms. The predicted octanol–water partition coefficient (Wildman–Crippen LogP) is 2.57. The Bertz CT molecular complexity index is 901. The predicted molar refractivity (Wildman–Crippen MR) is 87.5 cm³/mol. The lowest BCUT2D eigenvalue weighted by molar-refractivity contribution is -0.0959. The molecule has 0 aliphatic heterocycles. The number of nitrogens with zero attached hydrogens (tertiary/aromatic N) is 5. The molecular weight excluding hydrogens is 304 g/mol. The molecule has 0 amide bonds. The van der Waals surface area contributed by atoms with E-state index in [0.717, 1.165) is 48.0 Å². The molecule has 0 radical (unpaired) electrons. The molecule has 1 fully saturated rings. The SMILES string of the molecule is N#CCC(O)(C1CCCC1)n1cc(-c2ncnc3[nH]ccc23)cn1. The third-order valence-electron chi connectivity index (χ3n) is 4.95. The van der Waals surface area contributed by atoms with Crippen LogP contribution in [0.3, 0.4) is 0 Å². The van der Waals surface area contributed by atoms with Gasteiger partial charge in [-0.1, -0.05) is 12.8 Å². The van der Waals surface area contributed by atoms with Crippen molar-refractivity contribution in [2.24, 2.45) is 5.92 Å². The molecule has 3 heterocycles. The minimum Gasteiger partial charge on any atom is -0.368 e. The van der Waals surface area contributed by atoms with E-state index in [0.29, 0.717) is 0 Å². The van der Waals surface area contributed by atoms with Crippen LogP contribution in [0.4, 0.5) is 0 Å². The summed E-state index contributed by atoms with van der Waals surface area (Å²) < 4.78 is 1.54. The molecule has 1 aliphatic carbocycles. The van der Waals surface area contributed by atoms with E-state index in [2.05, 4.69) is 26.1 Å². The second kappa shape index (κ2) is 5.73. The number of rotatable bonds is 4. The lowest BCUT2D eigenvalue weighted by Gasteiger charge is -2.32. The van der Waals surface area contributed by atoms with Crippen LogP contribution in [-0.2, 0) is 5.72 Å². The monoisotopic (exact) mass is 322 g/mol. The lowest BCUT2D eigenvalue weighted by Crippen LogP contribution is -2.40. The molecule has 7 heteroatoms. The Morgan fingerprint density at radius 1 is 1.38 bits per heavy atom. The summed E-state index contributed by atoms with van der Waals surface area (Å²) in [6, 6.07) is 4.03. The summed E-state index contributed by atoms with van der Waals surface area (Å²) in [5.74, 6) is 0.0579. The van der Waals surface area contributed by atoms with E-state index in [1.807, 2.05) is 12.3 Å². The van der Waals surface area contributed by atoms with Crippen LogP contribution < -0.4 is 0 Å². The normalized spacial score (nSPS) is 17.8. The maximum absolute atomic E-state index is 11.2. The van der Waals surface area contributed by atoms with Crippen LogP contribution in [0.15, 0.2) is 31.0 Å². The largest absolute Gasteiger partial charge is 0.368 e. The number of fused-ring (bicyclic) bond motifs is 1. The van der Waals surface area contributed by atoms with Crippen LogP contribution >= 0.6 is 0 Å². The third-order valence-corrected chi connectivity index (χ3v) is 4.95. The number of aromatic amines is 1. The van der Waals surface area contributed by atoms with Gasteiger partial charge in [-0.2, -0.15) is 10.4 Å². The maximum Gasteiger partial charge on any atom is 0.173 e. The molecule has 3 aromatic rings. The zero-order valence-electron chi connectivity index (χ0n) is 13.2. The van der Waals surface area contributed by atoms with Crippen LogP contribution in [0.1, 0.15) is 32.1 Å². The third kappa shape index (κ3) is 2.27. The van der Waals surface area contributed by atoms with Crippen molar-refractivity contribution in [3.63, 3.8) is 0 Å². The van der Waals surface area contributed by atoms with Crippen molar-refractivity contribution >= 4 is 11.0 Å². The summed E-state index contributed by atoms with van der Waals surface area (Å²) in [6.07, 6.45) is 10.8. The fraction of sp³-hybridized carbons (Fsp3) is 0.412. The fourth-order valence-corrected chi connectivity index (χ4v) is 3.68. The van der Waals surface area contributed by atoms with E-state index in [1.165, 1.54) is 6.33 Å². The maximum atomic E-state index is 11.2. The van der Waals surface area contributed by atoms with Crippen molar-refractivity contribution in [1.82, 2.24) is 24.7 Å². The lowest BCUT2D eigenvalue weighted by atomic mass is 9.91. The Kier molecular flexibility index (Phi) is 3.54. The van der Waals surface area contributed by atoms with Crippen LogP contribution in [0.5, 0.6) is 0 Å². The standard InChI is InChI=1S/C17H18N6O/c18-7-6-17(24,13-3-1-2-4-13)23-10-12(9-22-23)15-14-5-8-19-16(14)21-11-20-15/h5,8-11,13,24H,1-4,6H2,(H,19,20,21). The first kappa shape index (κ1) is 14.8. The van der Waals surface area contributed by atoms with Crippen molar-refractivity contribution in [1.29, 1.82) is 5.26 Å². The molecule has 7 nitrogen and oxygen atoms in total. The quantitative estimate of drug-likeness (QED) is 0.768. The summed E-state index contributed by atoms with van der Waals surface area (Å²) in [4.78, 5) is 11.6. The van der Waals surface area contributed by atoms with Gasteiger partial charge in [0.25, 0.3) is 0 Å². The summed E-state index contributed by atoms with van der Waals surface area (Å²) in [7, 11) is 0. The first-order valence-electron chi connectivity index (χ1n) is 8.15. The minimum absolute atomic E-state index is 0.0299. The second-order valence-electron chi connectivity index (χ2n) is 6.33. The van der Waals surface area contributed by atoms with Gasteiger partial charge in [-0.05, 0) is 18.9 Å². The molecule has 0 aromatic carbocycles. The van der Waals surface area contributed by atoms with Crippen LogP contribution in [0.25, 0.3) is 22.3 Å². The number of aromatic nitrogens is 5. The number of aliphatic hydroxyl groups is 1. The summed E-state index contributed by atoms with van der Waals surface area (Å²) in [5.41, 5.74) is 1.07. The van der Waals surface area contributed by atoms with E-state index in [-0.39, 0.29) is 12.3 Å². The molecular formula is C17H18N6O. The van der Waals surface area contributed by atoms with E-state index in [9.17, 15) is 10.4 Å². The highest BCUT2D eigenvalue weighted by molar-refractivity contribution is 5.89. The number of nitrogens with one attached hydrogen (secondary N) is 1. The van der Waals surface area contributed by atoms with Gasteiger partial charge in [0.05, 0.1) is 24.4 Å². The summed E-state index contributed by atoms with van der Waals surface area (Å²) >= 11 is 0. The Morgan fingerprint density at radius 2 is 2.21 bits per heavy atom. The molecule has 1 aliphatic rings. The highest BCUT2D eigenvalue weighted by Gasteiger charge is 2.40. The Balaban J connectivity index is 1.76. The topological polar surface area (TPSA) is 103 Å². The minimum atomic E-state index is -1.26. The molecule has 2 N–H and O–H groups in total. The summed E-state index contributed by atoms with van der Waals surface area (Å²) in [6.45, 7) is 0. The highest BCUT2D eigenvalue weighted by Crippen LogP contribution is 2.39. The van der Waals surface area contributed by atoms with Crippen LogP contribution in [0.2, 0.25) is 0 Å². The van der Waals surface area contributed by atoms with Crippen molar-refractivity contribution in [3.8, 4) is 17.3 Å². The van der Waals surface area contributed by atoms with Crippen molar-refractivity contribution < 1.29 is 5.11 Å². The first-order chi connectivity index (χ1) is 11.7. The zero-order chi connectivity index (χ0) is 16.6. The molecule has 0 bridgehead atoms. The van der Waals surface area contributed by atoms with E-state index in [1.54, 1.807) is 17.1 Å². The van der Waals surface area contributed by atoms with Gasteiger partial charge >= 0.3 is 0 Å². The van der Waals surface area contributed by atoms with Gasteiger partial charge in [0.1, 0.15) is 12.0 Å². The number of H-pyrrole nitrogens is 1. The number of hydrogen-bond donors (Lipinski definition) is 2. The Hall–Kier alpha value is -2.72. The second-order valence-corrected chi connectivity index (χ2v) is 6.33. The van der Waals surface area contributed by atoms with Gasteiger partial charge in [-0.25, -0.2) is 14.6 Å². The first-order valence-corrected chi connectivity index (χ1v) is 8.15. The van der Waals surface area contributed by atoms with E-state index < -0.39 is 5.72 Å². The molecule has 1 unspecified atom stereocenters. The van der Waals surface area contributed by atoms with Crippen molar-refractivity contribution in [2.45, 2.75) is 37.8 Å². The molecule has 1 atom stereocenters. The summed E-state index contributed by atoms with van der Waals surface area (Å²) in [5, 5.41) is 25.6. The van der Waals surface area contributed by atoms with Gasteiger partial charge in [-0.3, -0.25) is 0 Å². The van der Waals surface area contributed by atoms with Crippen molar-refractivity contribution in [3.05, 3.63) is 31.0 Å². The molecule has 122 valence electrons. The molecule has 3 aromatic heterocycles. The van der Waals surface area contributed by atoms with Gasteiger partial charge in [0.15, 0.2) is 5.72 Å². The highest BCUT2D eigenvalue weighted by atomic mass is 16.3. The number of nitriles is 1. The van der Waals surface area contributed by atoms with Gasteiger partial charge < -0.3 is 10.1 Å². The molecule has 0 spiro atoms.